The van der Waals surface area contributed by atoms with Crippen LogP contribution >= 0.6 is 0 Å². The number of rotatable bonds is 4. The Balaban J connectivity index is 1.60. The molecule has 3 heterocycles. The first-order chi connectivity index (χ1) is 10.2. The van der Waals surface area contributed by atoms with Gasteiger partial charge < -0.3 is 14.0 Å². The molecule has 0 N–H and O–H groups in total. The van der Waals surface area contributed by atoms with Crippen molar-refractivity contribution >= 4 is 17.4 Å². The summed E-state index contributed by atoms with van der Waals surface area (Å²) in [5, 5.41) is 0. The van der Waals surface area contributed by atoms with Crippen LogP contribution in [0.15, 0.2) is 30.9 Å². The number of carbonyl (C=O) groups is 2. The first kappa shape index (κ1) is 13.6. The molecular formula is C15H17N3O3. The van der Waals surface area contributed by atoms with Crippen LogP contribution in [0.4, 0.5) is 0 Å². The van der Waals surface area contributed by atoms with E-state index in [1.165, 1.54) is 0 Å². The first-order valence-corrected chi connectivity index (χ1v) is 7.04. The Morgan fingerprint density at radius 3 is 3.14 bits per heavy atom. The molecule has 0 aliphatic carbocycles. The molecule has 0 radical (unpaired) electrons. The van der Waals surface area contributed by atoms with Gasteiger partial charge in [-0.15, -0.1) is 0 Å². The number of imidazole rings is 1. The van der Waals surface area contributed by atoms with Crippen LogP contribution < -0.4 is 0 Å². The average molecular weight is 287 g/mol. The minimum atomic E-state index is -0.360. The molecular weight excluding hydrogens is 270 g/mol. The average Bonchev–Trinajstić information content (AvgIpc) is 3.09. The molecule has 1 fully saturated rings. The number of likely N-dealkylation sites (tertiary alicyclic amines) is 1. The summed E-state index contributed by atoms with van der Waals surface area (Å²) in [6, 6.07) is 3.45. The zero-order chi connectivity index (χ0) is 14.8. The van der Waals surface area contributed by atoms with Gasteiger partial charge in [0.1, 0.15) is 0 Å². The fraction of sp³-hybridized carbons (Fsp3) is 0.400. The fourth-order valence-electron chi connectivity index (χ4n) is 2.59. The molecule has 2 aromatic rings. The van der Waals surface area contributed by atoms with E-state index in [4.69, 9.17) is 4.74 Å². The van der Waals surface area contributed by atoms with E-state index < -0.39 is 0 Å². The van der Waals surface area contributed by atoms with Gasteiger partial charge in [0.15, 0.2) is 0 Å². The van der Waals surface area contributed by atoms with Gasteiger partial charge in [-0.3, -0.25) is 4.79 Å². The minimum absolute atomic E-state index is 0.0973. The number of fused-ring (bicyclic) bond motifs is 1. The van der Waals surface area contributed by atoms with Gasteiger partial charge in [0, 0.05) is 31.6 Å². The van der Waals surface area contributed by atoms with Gasteiger partial charge in [0.25, 0.3) is 0 Å². The minimum Gasteiger partial charge on any atom is -0.462 e. The molecule has 1 aliphatic rings. The Morgan fingerprint density at radius 2 is 2.38 bits per heavy atom. The fourth-order valence-corrected chi connectivity index (χ4v) is 2.59. The van der Waals surface area contributed by atoms with Crippen molar-refractivity contribution in [1.29, 1.82) is 0 Å². The van der Waals surface area contributed by atoms with Gasteiger partial charge >= 0.3 is 5.97 Å². The van der Waals surface area contributed by atoms with E-state index in [9.17, 15) is 9.59 Å². The molecule has 6 heteroatoms. The number of nitrogens with zero attached hydrogens (tertiary/aromatic N) is 3. The molecule has 0 unspecified atom stereocenters. The highest BCUT2D eigenvalue weighted by Gasteiger charge is 2.29. The van der Waals surface area contributed by atoms with Crippen molar-refractivity contribution in [3.8, 4) is 0 Å². The summed E-state index contributed by atoms with van der Waals surface area (Å²) in [6.45, 7) is 3.62. The molecule has 3 rings (SSSR count). The first-order valence-electron chi connectivity index (χ1n) is 7.04. The van der Waals surface area contributed by atoms with E-state index in [1.807, 2.05) is 11.3 Å². The van der Waals surface area contributed by atoms with Gasteiger partial charge in [0.2, 0.25) is 5.91 Å². The summed E-state index contributed by atoms with van der Waals surface area (Å²) in [4.78, 5) is 29.5. The van der Waals surface area contributed by atoms with Crippen molar-refractivity contribution in [2.45, 2.75) is 13.3 Å². The van der Waals surface area contributed by atoms with Gasteiger partial charge in [-0.2, -0.15) is 0 Å². The normalized spacial score (nSPS) is 18.4. The standard InChI is InChI=1S/C15H17N3O3/c1-2-17-8-11(5-14(17)19)9-21-15(20)12-3-4-18-10-16-7-13(18)6-12/h3-4,6-7,10-11H,2,5,8-9H2,1H3/t11-/m1/s1. The Bertz CT molecular complexity index is 680. The van der Waals surface area contributed by atoms with Crippen LogP contribution in [0.2, 0.25) is 0 Å². The third kappa shape index (κ3) is 2.74. The number of hydrogen-bond donors (Lipinski definition) is 0. The largest absolute Gasteiger partial charge is 0.462 e. The molecule has 2 aromatic heterocycles. The lowest BCUT2D eigenvalue weighted by atomic mass is 10.1. The lowest BCUT2D eigenvalue weighted by Crippen LogP contribution is -2.25. The number of amides is 1. The second kappa shape index (κ2) is 5.55. The highest BCUT2D eigenvalue weighted by Crippen LogP contribution is 2.18. The van der Waals surface area contributed by atoms with Gasteiger partial charge in [-0.25, -0.2) is 9.78 Å². The monoisotopic (exact) mass is 287 g/mol. The summed E-state index contributed by atoms with van der Waals surface area (Å²) in [7, 11) is 0. The smallest absolute Gasteiger partial charge is 0.338 e. The predicted octanol–water partition coefficient (Wildman–Crippen LogP) is 1.36. The topological polar surface area (TPSA) is 63.9 Å². The molecule has 21 heavy (non-hydrogen) atoms. The molecule has 110 valence electrons. The van der Waals surface area contributed by atoms with Gasteiger partial charge in [-0.05, 0) is 19.1 Å². The third-order valence-corrected chi connectivity index (χ3v) is 3.78. The summed E-state index contributed by atoms with van der Waals surface area (Å²) in [5.74, 6) is -0.125. The Labute approximate surface area is 122 Å². The third-order valence-electron chi connectivity index (χ3n) is 3.78. The highest BCUT2D eigenvalue weighted by atomic mass is 16.5. The maximum Gasteiger partial charge on any atom is 0.338 e. The molecule has 0 spiro atoms. The van der Waals surface area contributed by atoms with Crippen molar-refractivity contribution < 1.29 is 14.3 Å². The molecule has 0 bridgehead atoms. The van der Waals surface area contributed by atoms with Crippen LogP contribution in [0, 0.1) is 5.92 Å². The van der Waals surface area contributed by atoms with E-state index >= 15 is 0 Å². The quantitative estimate of drug-likeness (QED) is 0.796. The predicted molar refractivity (Wildman–Crippen MR) is 75.8 cm³/mol. The lowest BCUT2D eigenvalue weighted by molar-refractivity contribution is -0.127. The van der Waals surface area contributed by atoms with Crippen molar-refractivity contribution in [3.05, 3.63) is 36.4 Å². The number of pyridine rings is 1. The van der Waals surface area contributed by atoms with E-state index in [0.717, 1.165) is 5.52 Å². The van der Waals surface area contributed by atoms with Crippen molar-refractivity contribution in [3.63, 3.8) is 0 Å². The number of esters is 1. The Hall–Kier alpha value is -2.37. The molecule has 0 aromatic carbocycles. The Morgan fingerprint density at radius 1 is 1.52 bits per heavy atom. The number of hydrogen-bond acceptors (Lipinski definition) is 4. The van der Waals surface area contributed by atoms with Crippen LogP contribution in [-0.2, 0) is 9.53 Å². The maximum atomic E-state index is 12.0. The van der Waals surface area contributed by atoms with Gasteiger partial charge in [-0.1, -0.05) is 0 Å². The Kier molecular flexibility index (Phi) is 3.60. The van der Waals surface area contributed by atoms with Gasteiger partial charge in [0.05, 0.1) is 30.2 Å². The van der Waals surface area contributed by atoms with Crippen molar-refractivity contribution in [2.24, 2.45) is 5.92 Å². The second-order valence-corrected chi connectivity index (χ2v) is 5.24. The zero-order valence-corrected chi connectivity index (χ0v) is 11.9. The lowest BCUT2D eigenvalue weighted by Gasteiger charge is -2.13. The number of aromatic nitrogens is 2. The summed E-state index contributed by atoms with van der Waals surface area (Å²) < 4.78 is 7.16. The molecule has 6 nitrogen and oxygen atoms in total. The van der Waals surface area contributed by atoms with Crippen LogP contribution in [0.1, 0.15) is 23.7 Å². The zero-order valence-electron chi connectivity index (χ0n) is 11.9. The van der Waals surface area contributed by atoms with E-state index in [0.29, 0.717) is 25.1 Å². The summed E-state index contributed by atoms with van der Waals surface area (Å²) in [6.07, 6.45) is 5.60. The van der Waals surface area contributed by atoms with Crippen molar-refractivity contribution in [2.75, 3.05) is 19.7 Å². The summed E-state index contributed by atoms with van der Waals surface area (Å²) in [5.41, 5.74) is 1.34. The molecule has 1 atom stereocenters. The summed E-state index contributed by atoms with van der Waals surface area (Å²) >= 11 is 0. The van der Waals surface area contributed by atoms with E-state index in [-0.39, 0.29) is 24.4 Å². The van der Waals surface area contributed by atoms with Crippen LogP contribution in [0.3, 0.4) is 0 Å². The number of carbonyl (C=O) groups excluding carboxylic acids is 2. The SMILES string of the molecule is CCN1C[C@H](COC(=O)c2ccn3cncc3c2)CC1=O. The second-order valence-electron chi connectivity index (χ2n) is 5.24. The van der Waals surface area contributed by atoms with E-state index in [1.54, 1.807) is 35.8 Å². The van der Waals surface area contributed by atoms with Crippen molar-refractivity contribution in [1.82, 2.24) is 14.3 Å². The highest BCUT2D eigenvalue weighted by molar-refractivity contribution is 5.90. The van der Waals surface area contributed by atoms with E-state index in [2.05, 4.69) is 4.98 Å². The number of ether oxygens (including phenoxy) is 1. The van der Waals surface area contributed by atoms with Crippen LogP contribution in [-0.4, -0.2) is 45.9 Å². The molecule has 1 amide bonds. The van der Waals surface area contributed by atoms with Crippen LogP contribution in [0.5, 0.6) is 0 Å². The maximum absolute atomic E-state index is 12.0. The molecule has 1 saturated heterocycles. The molecule has 0 saturated carbocycles. The molecule has 1 aliphatic heterocycles. The van der Waals surface area contributed by atoms with Crippen LogP contribution in [0.25, 0.3) is 5.52 Å².